The van der Waals surface area contributed by atoms with E-state index in [9.17, 15) is 10.2 Å². The Balaban J connectivity index is 2.01. The topological polar surface area (TPSA) is 61.7 Å². The maximum atomic E-state index is 9.88. The number of benzene rings is 2. The van der Waals surface area contributed by atoms with Gasteiger partial charge in [0.1, 0.15) is 23.6 Å². The number of hydrogen-bond donors (Lipinski definition) is 3. The average molecular weight is 271 g/mol. The van der Waals surface area contributed by atoms with Crippen molar-refractivity contribution in [2.45, 2.75) is 12.5 Å². The lowest BCUT2D eigenvalue weighted by Crippen LogP contribution is -2.41. The molecule has 0 amide bonds. The van der Waals surface area contributed by atoms with Crippen LogP contribution in [-0.4, -0.2) is 23.4 Å². The third-order valence-electron chi connectivity index (χ3n) is 3.74. The molecule has 0 aliphatic carbocycles. The van der Waals surface area contributed by atoms with E-state index in [0.29, 0.717) is 12.4 Å². The van der Waals surface area contributed by atoms with Crippen LogP contribution in [0, 0.1) is 6.92 Å². The summed E-state index contributed by atoms with van der Waals surface area (Å²) in [4.78, 5) is 0. The number of para-hydroxylation sites is 1. The maximum Gasteiger partial charge on any atom is 0.128 e. The molecule has 0 fully saturated rings. The molecule has 1 unspecified atom stereocenters. The minimum absolute atomic E-state index is 0.0842. The van der Waals surface area contributed by atoms with Crippen molar-refractivity contribution in [2.75, 3.05) is 18.5 Å². The largest absolute Gasteiger partial charge is 0.508 e. The van der Waals surface area contributed by atoms with Gasteiger partial charge in [-0.25, -0.2) is 0 Å². The number of aryl methyl sites for hydroxylation is 1. The highest BCUT2D eigenvalue weighted by molar-refractivity contribution is 5.58. The molecule has 2 aromatic carbocycles. The van der Waals surface area contributed by atoms with Gasteiger partial charge in [-0.2, -0.15) is 0 Å². The number of aliphatic hydroxyl groups excluding tert-OH is 1. The van der Waals surface area contributed by atoms with Crippen LogP contribution in [0.2, 0.25) is 0 Å². The molecule has 0 radical (unpaired) electrons. The molecule has 3 N–H and O–H groups in total. The first-order valence-electron chi connectivity index (χ1n) is 6.56. The quantitative estimate of drug-likeness (QED) is 0.802. The summed E-state index contributed by atoms with van der Waals surface area (Å²) in [6.45, 7) is 2.26. The van der Waals surface area contributed by atoms with Gasteiger partial charge in [-0.15, -0.1) is 0 Å². The lowest BCUT2D eigenvalue weighted by Gasteiger charge is -2.29. The maximum absolute atomic E-state index is 9.88. The fraction of sp³-hybridized carbons (Fsp3) is 0.250. The van der Waals surface area contributed by atoms with E-state index in [1.807, 2.05) is 31.2 Å². The Morgan fingerprint density at radius 2 is 2.05 bits per heavy atom. The van der Waals surface area contributed by atoms with Crippen LogP contribution < -0.4 is 10.1 Å². The normalized spacial score (nSPS) is 20.3. The van der Waals surface area contributed by atoms with E-state index in [4.69, 9.17) is 4.74 Å². The van der Waals surface area contributed by atoms with Crippen molar-refractivity contribution in [1.82, 2.24) is 0 Å². The summed E-state index contributed by atoms with van der Waals surface area (Å²) >= 11 is 0. The van der Waals surface area contributed by atoms with Gasteiger partial charge in [-0.3, -0.25) is 0 Å². The number of aliphatic hydroxyl groups is 1. The van der Waals surface area contributed by atoms with Crippen LogP contribution in [0.3, 0.4) is 0 Å². The van der Waals surface area contributed by atoms with Crippen molar-refractivity contribution in [3.8, 4) is 11.5 Å². The summed E-state index contributed by atoms with van der Waals surface area (Å²) in [6.07, 6.45) is 0. The summed E-state index contributed by atoms with van der Waals surface area (Å²) in [5, 5.41) is 22.8. The number of ether oxygens (including phenoxy) is 1. The van der Waals surface area contributed by atoms with E-state index in [1.165, 1.54) is 0 Å². The van der Waals surface area contributed by atoms with Crippen LogP contribution in [0.25, 0.3) is 0 Å². The first-order valence-corrected chi connectivity index (χ1v) is 6.56. The zero-order chi connectivity index (χ0) is 14.2. The number of rotatable bonds is 3. The van der Waals surface area contributed by atoms with E-state index in [0.717, 1.165) is 16.8 Å². The molecule has 2 aromatic rings. The van der Waals surface area contributed by atoms with Gasteiger partial charge in [0.25, 0.3) is 0 Å². The van der Waals surface area contributed by atoms with Crippen molar-refractivity contribution < 1.29 is 14.9 Å². The summed E-state index contributed by atoms with van der Waals surface area (Å²) in [7, 11) is 0. The Kier molecular flexibility index (Phi) is 3.03. The molecule has 0 bridgehead atoms. The second-order valence-corrected chi connectivity index (χ2v) is 5.15. The Morgan fingerprint density at radius 3 is 2.80 bits per heavy atom. The molecule has 1 atom stereocenters. The second-order valence-electron chi connectivity index (χ2n) is 5.15. The van der Waals surface area contributed by atoms with Crippen molar-refractivity contribution in [3.05, 3.63) is 53.6 Å². The molecule has 1 aliphatic rings. The zero-order valence-corrected chi connectivity index (χ0v) is 11.3. The smallest absolute Gasteiger partial charge is 0.128 e. The molecule has 1 heterocycles. The molecule has 4 nitrogen and oxygen atoms in total. The molecule has 0 saturated heterocycles. The Hall–Kier alpha value is -2.20. The first kappa shape index (κ1) is 12.8. The van der Waals surface area contributed by atoms with Gasteiger partial charge in [0.05, 0.1) is 6.61 Å². The third-order valence-corrected chi connectivity index (χ3v) is 3.74. The van der Waals surface area contributed by atoms with Gasteiger partial charge in [0, 0.05) is 17.3 Å². The van der Waals surface area contributed by atoms with Crippen LogP contribution in [0.5, 0.6) is 11.5 Å². The first-order chi connectivity index (χ1) is 9.64. The fourth-order valence-electron chi connectivity index (χ4n) is 2.55. The average Bonchev–Trinajstić information content (AvgIpc) is 2.80. The van der Waals surface area contributed by atoms with E-state index >= 15 is 0 Å². The zero-order valence-electron chi connectivity index (χ0n) is 11.3. The number of aromatic hydroxyl groups is 1. The Morgan fingerprint density at radius 1 is 1.25 bits per heavy atom. The molecular formula is C16H17NO3. The number of phenolic OH excluding ortho intramolecular Hbond substituents is 1. The second kappa shape index (κ2) is 4.72. The third kappa shape index (κ3) is 1.98. The molecule has 0 saturated carbocycles. The van der Waals surface area contributed by atoms with Crippen molar-refractivity contribution in [1.29, 1.82) is 0 Å². The van der Waals surface area contributed by atoms with Gasteiger partial charge in [-0.05, 0) is 30.7 Å². The van der Waals surface area contributed by atoms with Crippen LogP contribution in [0.15, 0.2) is 42.5 Å². The predicted molar refractivity (Wildman–Crippen MR) is 77.2 cm³/mol. The Labute approximate surface area is 117 Å². The van der Waals surface area contributed by atoms with Gasteiger partial charge in [-0.1, -0.05) is 18.2 Å². The molecular weight excluding hydrogens is 254 g/mol. The molecule has 4 heteroatoms. The lowest BCUT2D eigenvalue weighted by atomic mass is 9.92. The minimum Gasteiger partial charge on any atom is -0.508 e. The molecule has 1 aliphatic heterocycles. The predicted octanol–water partition coefficient (Wildman–Crippen LogP) is 2.39. The summed E-state index contributed by atoms with van der Waals surface area (Å²) in [6, 6.07) is 12.9. The highest BCUT2D eigenvalue weighted by Gasteiger charge is 2.40. The number of anilines is 1. The van der Waals surface area contributed by atoms with Crippen molar-refractivity contribution in [3.63, 3.8) is 0 Å². The van der Waals surface area contributed by atoms with Crippen molar-refractivity contribution in [2.24, 2.45) is 0 Å². The molecule has 104 valence electrons. The number of fused-ring (bicyclic) bond motifs is 1. The fourth-order valence-corrected chi connectivity index (χ4v) is 2.55. The molecule has 3 rings (SSSR count). The number of hydrogen-bond acceptors (Lipinski definition) is 4. The van der Waals surface area contributed by atoms with Crippen LogP contribution in [-0.2, 0) is 5.54 Å². The Bertz CT molecular complexity index is 641. The highest BCUT2D eigenvalue weighted by Crippen LogP contribution is 2.41. The molecule has 0 aromatic heterocycles. The van der Waals surface area contributed by atoms with Gasteiger partial charge in [0.15, 0.2) is 0 Å². The van der Waals surface area contributed by atoms with E-state index in [-0.39, 0.29) is 12.4 Å². The van der Waals surface area contributed by atoms with Crippen LogP contribution in [0.4, 0.5) is 5.69 Å². The minimum atomic E-state index is -0.671. The van der Waals surface area contributed by atoms with Crippen LogP contribution in [0.1, 0.15) is 11.1 Å². The van der Waals surface area contributed by atoms with E-state index in [2.05, 4.69) is 5.32 Å². The van der Waals surface area contributed by atoms with E-state index < -0.39 is 5.54 Å². The van der Waals surface area contributed by atoms with Gasteiger partial charge < -0.3 is 20.3 Å². The SMILES string of the molecule is Cc1ccccc1NC1(CO)COc2cc(O)ccc21. The number of phenols is 1. The summed E-state index contributed by atoms with van der Waals surface area (Å²) < 4.78 is 5.62. The van der Waals surface area contributed by atoms with Gasteiger partial charge in [0.2, 0.25) is 0 Å². The molecule has 20 heavy (non-hydrogen) atoms. The number of nitrogens with one attached hydrogen (secondary N) is 1. The highest BCUT2D eigenvalue weighted by atomic mass is 16.5. The van der Waals surface area contributed by atoms with Gasteiger partial charge >= 0.3 is 0 Å². The van der Waals surface area contributed by atoms with Crippen molar-refractivity contribution >= 4 is 5.69 Å². The van der Waals surface area contributed by atoms with E-state index in [1.54, 1.807) is 18.2 Å². The molecule has 0 spiro atoms. The van der Waals surface area contributed by atoms with Crippen LogP contribution >= 0.6 is 0 Å². The summed E-state index contributed by atoms with van der Waals surface area (Å²) in [5.74, 6) is 0.772. The monoisotopic (exact) mass is 271 g/mol. The lowest BCUT2D eigenvalue weighted by molar-refractivity contribution is 0.177. The standard InChI is InChI=1S/C16H17NO3/c1-11-4-2-3-5-14(11)17-16(9-18)10-20-15-8-12(19)6-7-13(15)16/h2-8,17-19H,9-10H2,1H3. The summed E-state index contributed by atoms with van der Waals surface area (Å²) in [5.41, 5.74) is 2.26.